The van der Waals surface area contributed by atoms with Gasteiger partial charge in [0.05, 0.1) is 6.54 Å². The molecule has 0 saturated carbocycles. The summed E-state index contributed by atoms with van der Waals surface area (Å²) in [5.41, 5.74) is -0.791. The molecule has 0 bridgehead atoms. The third kappa shape index (κ3) is 6.71. The summed E-state index contributed by atoms with van der Waals surface area (Å²) in [6, 6.07) is 0.280. The Hall–Kier alpha value is -1.77. The number of rotatable bonds is 6. The Balaban J connectivity index is 1.98. The number of piperidine rings is 1. The average Bonchev–Trinajstić information content (AvgIpc) is 2.95. The van der Waals surface area contributed by atoms with Crippen molar-refractivity contribution in [3.05, 3.63) is 17.5 Å². The predicted octanol–water partition coefficient (Wildman–Crippen LogP) is 2.61. The van der Waals surface area contributed by atoms with Gasteiger partial charge in [-0.25, -0.2) is 4.99 Å². The summed E-state index contributed by atoms with van der Waals surface area (Å²) in [5, 5.41) is 10.0. The van der Waals surface area contributed by atoms with Gasteiger partial charge in [-0.2, -0.15) is 18.3 Å². The molecule has 1 saturated heterocycles. The van der Waals surface area contributed by atoms with Crippen LogP contribution in [0.3, 0.4) is 0 Å². The molecular weight excluding hydrogens is 357 g/mol. The average molecular weight is 388 g/mol. The van der Waals surface area contributed by atoms with E-state index in [4.69, 9.17) is 0 Å². The van der Waals surface area contributed by atoms with E-state index in [2.05, 4.69) is 39.5 Å². The number of alkyl halides is 3. The van der Waals surface area contributed by atoms with Crippen molar-refractivity contribution in [1.29, 1.82) is 0 Å². The molecule has 0 unspecified atom stereocenters. The number of nitrogens with zero attached hydrogens (tertiary/aromatic N) is 4. The maximum atomic E-state index is 13.1. The third-order valence-corrected chi connectivity index (χ3v) is 4.48. The molecule has 2 rings (SSSR count). The van der Waals surface area contributed by atoms with Gasteiger partial charge >= 0.3 is 6.18 Å². The molecule has 27 heavy (non-hydrogen) atoms. The molecule has 1 aromatic heterocycles. The van der Waals surface area contributed by atoms with Crippen molar-refractivity contribution in [2.75, 3.05) is 26.2 Å². The van der Waals surface area contributed by atoms with E-state index >= 15 is 0 Å². The van der Waals surface area contributed by atoms with Gasteiger partial charge in [-0.15, -0.1) is 0 Å². The molecule has 2 heterocycles. The first-order valence-corrected chi connectivity index (χ1v) is 9.56. The van der Waals surface area contributed by atoms with Crippen molar-refractivity contribution < 1.29 is 13.2 Å². The minimum Gasteiger partial charge on any atom is -0.357 e. The van der Waals surface area contributed by atoms with Crippen molar-refractivity contribution in [1.82, 2.24) is 25.3 Å². The van der Waals surface area contributed by atoms with Crippen LogP contribution in [0.25, 0.3) is 0 Å². The van der Waals surface area contributed by atoms with E-state index in [-0.39, 0.29) is 18.2 Å². The van der Waals surface area contributed by atoms with Gasteiger partial charge in [0, 0.05) is 51.0 Å². The molecule has 1 aromatic rings. The van der Waals surface area contributed by atoms with Crippen LogP contribution in [0, 0.1) is 5.92 Å². The van der Waals surface area contributed by atoms with Crippen molar-refractivity contribution in [3.8, 4) is 0 Å². The third-order valence-electron chi connectivity index (χ3n) is 4.48. The summed E-state index contributed by atoms with van der Waals surface area (Å²) < 4.78 is 40.4. The Bertz CT molecular complexity index is 615. The lowest BCUT2D eigenvalue weighted by Crippen LogP contribution is -2.49. The molecule has 0 aromatic carbocycles. The molecular formula is C18H31F3N6. The number of guanidine groups is 1. The van der Waals surface area contributed by atoms with Gasteiger partial charge in [-0.3, -0.25) is 4.68 Å². The molecule has 6 nitrogen and oxygen atoms in total. The van der Waals surface area contributed by atoms with E-state index in [1.54, 1.807) is 0 Å². The highest BCUT2D eigenvalue weighted by Gasteiger charge is 2.36. The Kier molecular flexibility index (Phi) is 7.52. The van der Waals surface area contributed by atoms with Crippen LogP contribution in [0.4, 0.5) is 13.2 Å². The molecule has 1 fully saturated rings. The SMILES string of the molecule is CCNC(=NCc1cn(C)nc1C(F)(F)F)NC1CCN(CC(C)C)CC1. The Labute approximate surface area is 159 Å². The van der Waals surface area contributed by atoms with Gasteiger partial charge in [-0.05, 0) is 25.7 Å². The van der Waals surface area contributed by atoms with Crippen molar-refractivity contribution in [3.63, 3.8) is 0 Å². The highest BCUT2D eigenvalue weighted by Crippen LogP contribution is 2.30. The highest BCUT2D eigenvalue weighted by atomic mass is 19.4. The van der Waals surface area contributed by atoms with Crippen LogP contribution in [0.15, 0.2) is 11.2 Å². The molecule has 154 valence electrons. The molecule has 0 radical (unpaired) electrons. The number of aromatic nitrogens is 2. The summed E-state index contributed by atoms with van der Waals surface area (Å²) in [6.45, 7) is 10.1. The second-order valence-corrected chi connectivity index (χ2v) is 7.48. The number of aryl methyl sites for hydroxylation is 1. The highest BCUT2D eigenvalue weighted by molar-refractivity contribution is 5.80. The van der Waals surface area contributed by atoms with Gasteiger partial charge in [0.25, 0.3) is 0 Å². The molecule has 1 aliphatic rings. The number of nitrogens with one attached hydrogen (secondary N) is 2. The number of likely N-dealkylation sites (tertiary alicyclic amines) is 1. The Morgan fingerprint density at radius 2 is 2.00 bits per heavy atom. The monoisotopic (exact) mass is 388 g/mol. The van der Waals surface area contributed by atoms with Crippen LogP contribution in [-0.2, 0) is 19.8 Å². The number of hydrogen-bond donors (Lipinski definition) is 2. The molecule has 0 amide bonds. The molecule has 0 spiro atoms. The second-order valence-electron chi connectivity index (χ2n) is 7.48. The minimum absolute atomic E-state index is 0.0653. The smallest absolute Gasteiger partial charge is 0.357 e. The standard InChI is InChI=1S/C18H31F3N6/c1-5-22-17(24-15-6-8-27(9-7-15)11-13(2)3)23-10-14-12-26(4)25-16(14)18(19,20)21/h12-13,15H,5-11H2,1-4H3,(H2,22,23,24). The van der Waals surface area contributed by atoms with Crippen LogP contribution in [0.1, 0.15) is 44.9 Å². The minimum atomic E-state index is -4.47. The van der Waals surface area contributed by atoms with Crippen LogP contribution in [0.2, 0.25) is 0 Å². The largest absolute Gasteiger partial charge is 0.435 e. The lowest BCUT2D eigenvalue weighted by Gasteiger charge is -2.34. The molecule has 0 aliphatic carbocycles. The maximum absolute atomic E-state index is 13.1. The lowest BCUT2D eigenvalue weighted by molar-refractivity contribution is -0.142. The maximum Gasteiger partial charge on any atom is 0.435 e. The predicted molar refractivity (Wildman–Crippen MR) is 100 cm³/mol. The van der Waals surface area contributed by atoms with Gasteiger partial charge in [-0.1, -0.05) is 13.8 Å². The zero-order chi connectivity index (χ0) is 20.0. The summed E-state index contributed by atoms with van der Waals surface area (Å²) in [4.78, 5) is 6.82. The topological polar surface area (TPSA) is 57.5 Å². The lowest BCUT2D eigenvalue weighted by atomic mass is 10.0. The summed E-state index contributed by atoms with van der Waals surface area (Å²) in [6.07, 6.45) is -1.10. The van der Waals surface area contributed by atoms with E-state index in [0.29, 0.717) is 18.4 Å². The summed E-state index contributed by atoms with van der Waals surface area (Å²) in [5.74, 6) is 1.20. The van der Waals surface area contributed by atoms with E-state index in [1.165, 1.54) is 17.9 Å². The zero-order valence-electron chi connectivity index (χ0n) is 16.6. The van der Waals surface area contributed by atoms with E-state index < -0.39 is 11.9 Å². The first kappa shape index (κ1) is 21.5. The number of aliphatic imine (C=N–C) groups is 1. The summed E-state index contributed by atoms with van der Waals surface area (Å²) >= 11 is 0. The van der Waals surface area contributed by atoms with Gasteiger partial charge in [0.2, 0.25) is 0 Å². The fraction of sp³-hybridized carbons (Fsp3) is 0.778. The number of hydrogen-bond acceptors (Lipinski definition) is 3. The molecule has 2 N–H and O–H groups in total. The van der Waals surface area contributed by atoms with Gasteiger partial charge in [0.1, 0.15) is 0 Å². The number of halogens is 3. The van der Waals surface area contributed by atoms with Crippen LogP contribution in [-0.4, -0.2) is 52.9 Å². The molecule has 9 heteroatoms. The quantitative estimate of drug-likeness (QED) is 0.581. The second kappa shape index (κ2) is 9.43. The van der Waals surface area contributed by atoms with Crippen molar-refractivity contribution in [2.45, 2.75) is 52.4 Å². The van der Waals surface area contributed by atoms with E-state index in [0.717, 1.165) is 32.5 Å². The molecule has 1 aliphatic heterocycles. The molecule has 0 atom stereocenters. The van der Waals surface area contributed by atoms with E-state index in [1.807, 2.05) is 6.92 Å². The summed E-state index contributed by atoms with van der Waals surface area (Å²) in [7, 11) is 1.48. The Morgan fingerprint density at radius 1 is 1.33 bits per heavy atom. The van der Waals surface area contributed by atoms with Gasteiger partial charge in [0.15, 0.2) is 11.7 Å². The Morgan fingerprint density at radius 3 is 2.56 bits per heavy atom. The zero-order valence-corrected chi connectivity index (χ0v) is 16.6. The first-order chi connectivity index (χ1) is 12.7. The van der Waals surface area contributed by atoms with Crippen LogP contribution >= 0.6 is 0 Å². The normalized spacial score (nSPS) is 17.6. The van der Waals surface area contributed by atoms with Crippen LogP contribution in [0.5, 0.6) is 0 Å². The van der Waals surface area contributed by atoms with E-state index in [9.17, 15) is 13.2 Å². The van der Waals surface area contributed by atoms with Crippen molar-refractivity contribution in [2.24, 2.45) is 18.0 Å². The first-order valence-electron chi connectivity index (χ1n) is 9.56. The fourth-order valence-electron chi connectivity index (χ4n) is 3.35. The van der Waals surface area contributed by atoms with Gasteiger partial charge < -0.3 is 15.5 Å². The van der Waals surface area contributed by atoms with Crippen LogP contribution < -0.4 is 10.6 Å². The van der Waals surface area contributed by atoms with Crippen molar-refractivity contribution >= 4 is 5.96 Å². The fourth-order valence-corrected chi connectivity index (χ4v) is 3.35.